The third-order valence-electron chi connectivity index (χ3n) is 5.20. The van der Waals surface area contributed by atoms with E-state index in [0.29, 0.717) is 11.1 Å². The summed E-state index contributed by atoms with van der Waals surface area (Å²) in [6.45, 7) is 8.09. The van der Waals surface area contributed by atoms with Gasteiger partial charge in [0.15, 0.2) is 0 Å². The maximum absolute atomic E-state index is 12.0. The van der Waals surface area contributed by atoms with Crippen LogP contribution in [0, 0.1) is 13.8 Å². The van der Waals surface area contributed by atoms with Gasteiger partial charge in [-0.05, 0) is 70.8 Å². The van der Waals surface area contributed by atoms with E-state index in [0.717, 1.165) is 27.8 Å². The number of rotatable bonds is 5. The van der Waals surface area contributed by atoms with Gasteiger partial charge in [-0.25, -0.2) is 9.59 Å². The van der Waals surface area contributed by atoms with Crippen LogP contribution in [0.2, 0.25) is 0 Å². The Balaban J connectivity index is 2.55. The molecule has 0 saturated heterocycles. The zero-order valence-electron chi connectivity index (χ0n) is 17.0. The Labute approximate surface area is 170 Å². The fraction of sp³-hybridized carbons (Fsp3) is 0.200. The van der Waals surface area contributed by atoms with Gasteiger partial charge in [0.2, 0.25) is 0 Å². The number of carboxylic acid groups (broad SMARTS) is 2. The average Bonchev–Trinajstić information content (AvgIpc) is 2.67. The molecular weight excluding hydrogens is 364 g/mol. The van der Waals surface area contributed by atoms with Crippen LogP contribution in [0.5, 0.6) is 0 Å². The molecule has 4 heteroatoms. The van der Waals surface area contributed by atoms with Gasteiger partial charge in [-0.15, -0.1) is 0 Å². The highest BCUT2D eigenvalue weighted by molar-refractivity contribution is 6.04. The highest BCUT2D eigenvalue weighted by Gasteiger charge is 2.25. The Hall–Kier alpha value is -3.40. The van der Waals surface area contributed by atoms with E-state index in [1.54, 1.807) is 36.4 Å². The Bertz CT molecular complexity index is 1110. The SMILES string of the molecule is Cc1cc(C)c(C(C)C)c(-c2ccccc2C(=O)O)c1-c1ccccc1C(=O)O. The normalized spacial score (nSPS) is 10.9. The van der Waals surface area contributed by atoms with Gasteiger partial charge in [-0.2, -0.15) is 0 Å². The number of carboxylic acids is 2. The molecule has 0 spiro atoms. The Morgan fingerprint density at radius 1 is 0.724 bits per heavy atom. The van der Waals surface area contributed by atoms with Crippen molar-refractivity contribution >= 4 is 11.9 Å². The van der Waals surface area contributed by atoms with Crippen LogP contribution in [0.4, 0.5) is 0 Å². The molecule has 0 aromatic heterocycles. The molecule has 0 aliphatic heterocycles. The number of carbonyl (C=O) groups is 2. The first-order valence-electron chi connectivity index (χ1n) is 9.53. The summed E-state index contributed by atoms with van der Waals surface area (Å²) in [6, 6.07) is 15.8. The predicted molar refractivity (Wildman–Crippen MR) is 115 cm³/mol. The van der Waals surface area contributed by atoms with E-state index in [1.807, 2.05) is 26.0 Å². The van der Waals surface area contributed by atoms with E-state index in [9.17, 15) is 19.8 Å². The molecule has 0 amide bonds. The second-order valence-electron chi connectivity index (χ2n) is 7.53. The predicted octanol–water partition coefficient (Wildman–Crippen LogP) is 6.16. The van der Waals surface area contributed by atoms with Gasteiger partial charge < -0.3 is 10.2 Å². The zero-order chi connectivity index (χ0) is 21.3. The minimum Gasteiger partial charge on any atom is -0.478 e. The molecule has 3 rings (SSSR count). The van der Waals surface area contributed by atoms with Crippen LogP contribution in [0.1, 0.15) is 57.2 Å². The Morgan fingerprint density at radius 3 is 1.62 bits per heavy atom. The van der Waals surface area contributed by atoms with Gasteiger partial charge in [0, 0.05) is 0 Å². The number of aryl methyl sites for hydroxylation is 2. The van der Waals surface area contributed by atoms with Crippen LogP contribution in [0.15, 0.2) is 54.6 Å². The summed E-state index contributed by atoms with van der Waals surface area (Å²) in [6.07, 6.45) is 0. The van der Waals surface area contributed by atoms with E-state index in [1.165, 1.54) is 0 Å². The fourth-order valence-electron chi connectivity index (χ4n) is 4.15. The monoisotopic (exact) mass is 388 g/mol. The first kappa shape index (κ1) is 20.3. The smallest absolute Gasteiger partial charge is 0.336 e. The molecule has 0 aliphatic carbocycles. The van der Waals surface area contributed by atoms with Crippen LogP contribution < -0.4 is 0 Å². The maximum atomic E-state index is 12.0. The number of benzene rings is 3. The topological polar surface area (TPSA) is 74.6 Å². The number of hydrogen-bond donors (Lipinski definition) is 2. The van der Waals surface area contributed by atoms with Gasteiger partial charge in [-0.1, -0.05) is 56.3 Å². The average molecular weight is 388 g/mol. The zero-order valence-corrected chi connectivity index (χ0v) is 17.0. The minimum absolute atomic E-state index is 0.128. The third kappa shape index (κ3) is 3.66. The van der Waals surface area contributed by atoms with Gasteiger partial charge >= 0.3 is 11.9 Å². The molecule has 0 aliphatic rings. The van der Waals surface area contributed by atoms with Gasteiger partial charge in [-0.3, -0.25) is 0 Å². The van der Waals surface area contributed by atoms with Gasteiger partial charge in [0.05, 0.1) is 11.1 Å². The van der Waals surface area contributed by atoms with Crippen LogP contribution in [0.3, 0.4) is 0 Å². The number of hydrogen-bond acceptors (Lipinski definition) is 2. The summed E-state index contributed by atoms with van der Waals surface area (Å²) in [5.41, 5.74) is 6.16. The molecule has 3 aromatic rings. The van der Waals surface area contributed by atoms with E-state index in [-0.39, 0.29) is 17.0 Å². The van der Waals surface area contributed by atoms with Crippen LogP contribution in [-0.4, -0.2) is 22.2 Å². The van der Waals surface area contributed by atoms with Gasteiger partial charge in [0.25, 0.3) is 0 Å². The largest absolute Gasteiger partial charge is 0.478 e. The van der Waals surface area contributed by atoms with Crippen molar-refractivity contribution in [3.8, 4) is 22.3 Å². The lowest BCUT2D eigenvalue weighted by Gasteiger charge is -2.24. The maximum Gasteiger partial charge on any atom is 0.336 e. The third-order valence-corrected chi connectivity index (χ3v) is 5.20. The molecule has 0 atom stereocenters. The minimum atomic E-state index is -1.01. The first-order valence-corrected chi connectivity index (χ1v) is 9.53. The molecule has 29 heavy (non-hydrogen) atoms. The Kier molecular flexibility index (Phi) is 5.55. The lowest BCUT2D eigenvalue weighted by Crippen LogP contribution is -2.07. The van der Waals surface area contributed by atoms with E-state index in [2.05, 4.69) is 19.9 Å². The lowest BCUT2D eigenvalue weighted by molar-refractivity contribution is 0.0686. The summed E-state index contributed by atoms with van der Waals surface area (Å²) in [5, 5.41) is 19.6. The standard InChI is InChI=1S/C25H24O4/c1-14(2)21-15(3)13-16(4)22(17-9-5-7-11-19(17)24(26)27)23(21)18-10-6-8-12-20(18)25(28)29/h5-14H,1-4H3,(H,26,27)(H,28,29). The fourth-order valence-corrected chi connectivity index (χ4v) is 4.15. The van der Waals surface area contributed by atoms with Crippen molar-refractivity contribution in [2.24, 2.45) is 0 Å². The van der Waals surface area contributed by atoms with Crippen molar-refractivity contribution in [3.05, 3.63) is 82.4 Å². The molecule has 0 heterocycles. The molecule has 2 N–H and O–H groups in total. The van der Waals surface area contributed by atoms with E-state index in [4.69, 9.17) is 0 Å². The highest BCUT2D eigenvalue weighted by atomic mass is 16.4. The van der Waals surface area contributed by atoms with Gasteiger partial charge in [0.1, 0.15) is 0 Å². The molecule has 0 fully saturated rings. The Morgan fingerprint density at radius 2 is 1.17 bits per heavy atom. The summed E-state index contributed by atoms with van der Waals surface area (Å²) >= 11 is 0. The van der Waals surface area contributed by atoms with Crippen molar-refractivity contribution in [2.45, 2.75) is 33.6 Å². The molecule has 3 aromatic carbocycles. The molecule has 4 nitrogen and oxygen atoms in total. The second-order valence-corrected chi connectivity index (χ2v) is 7.53. The summed E-state index contributed by atoms with van der Waals surface area (Å²) in [5.74, 6) is -1.89. The summed E-state index contributed by atoms with van der Waals surface area (Å²) in [4.78, 5) is 23.9. The highest BCUT2D eigenvalue weighted by Crippen LogP contribution is 2.44. The molecule has 0 bridgehead atoms. The van der Waals surface area contributed by atoms with Crippen molar-refractivity contribution in [2.75, 3.05) is 0 Å². The van der Waals surface area contributed by atoms with Crippen LogP contribution in [-0.2, 0) is 0 Å². The molecule has 0 radical (unpaired) electrons. The quantitative estimate of drug-likeness (QED) is 0.549. The molecular formula is C25H24O4. The van der Waals surface area contributed by atoms with Crippen molar-refractivity contribution in [1.29, 1.82) is 0 Å². The second kappa shape index (κ2) is 7.92. The van der Waals surface area contributed by atoms with Crippen LogP contribution >= 0.6 is 0 Å². The summed E-state index contributed by atoms with van der Waals surface area (Å²) < 4.78 is 0. The molecule has 0 saturated carbocycles. The van der Waals surface area contributed by atoms with Crippen molar-refractivity contribution in [1.82, 2.24) is 0 Å². The van der Waals surface area contributed by atoms with Crippen molar-refractivity contribution < 1.29 is 19.8 Å². The van der Waals surface area contributed by atoms with E-state index < -0.39 is 11.9 Å². The molecule has 148 valence electrons. The van der Waals surface area contributed by atoms with E-state index >= 15 is 0 Å². The van der Waals surface area contributed by atoms with Crippen LogP contribution in [0.25, 0.3) is 22.3 Å². The number of aromatic carboxylic acids is 2. The summed E-state index contributed by atoms with van der Waals surface area (Å²) in [7, 11) is 0. The first-order chi connectivity index (χ1) is 13.7. The van der Waals surface area contributed by atoms with Crippen molar-refractivity contribution in [3.63, 3.8) is 0 Å². The lowest BCUT2D eigenvalue weighted by atomic mass is 9.79. The molecule has 0 unspecified atom stereocenters.